The van der Waals surface area contributed by atoms with E-state index in [9.17, 15) is 0 Å². The normalized spacial score (nSPS) is 15.6. The maximum Gasteiger partial charge on any atom is 0.179 e. The summed E-state index contributed by atoms with van der Waals surface area (Å²) in [6, 6.07) is 5.40. The fourth-order valence-corrected chi connectivity index (χ4v) is 2.13. The van der Waals surface area contributed by atoms with E-state index in [4.69, 9.17) is 26.3 Å². The van der Waals surface area contributed by atoms with Gasteiger partial charge in [0.05, 0.1) is 24.3 Å². The van der Waals surface area contributed by atoms with Crippen molar-refractivity contribution in [1.82, 2.24) is 5.32 Å². The third-order valence-corrected chi connectivity index (χ3v) is 2.98. The summed E-state index contributed by atoms with van der Waals surface area (Å²) in [5.41, 5.74) is 0.800. The molecule has 1 atom stereocenters. The van der Waals surface area contributed by atoms with Gasteiger partial charge >= 0.3 is 0 Å². The number of rotatable bonds is 3. The zero-order chi connectivity index (χ0) is 13.0. The summed E-state index contributed by atoms with van der Waals surface area (Å²) >= 11 is 6.18. The third kappa shape index (κ3) is 2.69. The average molecular weight is 267 g/mol. The number of hydrogen-bond donors (Lipinski definition) is 1. The minimum Gasteiger partial charge on any atom is -0.489 e. The molecular formula is C13H15ClN2O2. The second kappa shape index (κ2) is 5.94. The molecule has 0 fully saturated rings. The van der Waals surface area contributed by atoms with Crippen molar-refractivity contribution in [3.8, 4) is 17.6 Å². The Morgan fingerprint density at radius 1 is 1.44 bits per heavy atom. The van der Waals surface area contributed by atoms with Crippen molar-refractivity contribution in [2.75, 3.05) is 19.8 Å². The maximum atomic E-state index is 9.13. The predicted octanol–water partition coefficient (Wildman–Crippen LogP) is 2.68. The molecule has 2 rings (SSSR count). The van der Waals surface area contributed by atoms with Crippen molar-refractivity contribution in [3.63, 3.8) is 0 Å². The number of nitrogens with one attached hydrogen (secondary N) is 1. The van der Waals surface area contributed by atoms with E-state index in [1.165, 1.54) is 0 Å². The van der Waals surface area contributed by atoms with Gasteiger partial charge in [-0.1, -0.05) is 18.5 Å². The van der Waals surface area contributed by atoms with E-state index in [0.717, 1.165) is 12.0 Å². The lowest BCUT2D eigenvalue weighted by Gasteiger charge is -2.15. The Morgan fingerprint density at radius 3 is 2.94 bits per heavy atom. The summed E-state index contributed by atoms with van der Waals surface area (Å²) in [7, 11) is 0. The highest BCUT2D eigenvalue weighted by Gasteiger charge is 2.19. The van der Waals surface area contributed by atoms with E-state index in [0.29, 0.717) is 36.3 Å². The molecule has 1 heterocycles. The van der Waals surface area contributed by atoms with Gasteiger partial charge in [0.2, 0.25) is 0 Å². The van der Waals surface area contributed by atoms with Crippen LogP contribution >= 0.6 is 11.6 Å². The van der Waals surface area contributed by atoms with E-state index >= 15 is 0 Å². The molecule has 1 N–H and O–H groups in total. The summed E-state index contributed by atoms with van der Waals surface area (Å²) in [6.45, 7) is 3.87. The molecule has 0 saturated heterocycles. The van der Waals surface area contributed by atoms with Crippen molar-refractivity contribution in [2.45, 2.75) is 19.4 Å². The van der Waals surface area contributed by atoms with Gasteiger partial charge in [-0.3, -0.25) is 5.32 Å². The molecule has 1 aromatic carbocycles. The Balaban J connectivity index is 2.37. The van der Waals surface area contributed by atoms with Crippen LogP contribution in [0.1, 0.15) is 24.9 Å². The van der Waals surface area contributed by atoms with Crippen LogP contribution in [0.2, 0.25) is 5.02 Å². The lowest BCUT2D eigenvalue weighted by atomic mass is 10.1. The van der Waals surface area contributed by atoms with Crippen LogP contribution in [0.3, 0.4) is 0 Å². The van der Waals surface area contributed by atoms with Crippen LogP contribution in [-0.2, 0) is 0 Å². The van der Waals surface area contributed by atoms with Gasteiger partial charge in [0.15, 0.2) is 11.5 Å². The zero-order valence-corrected chi connectivity index (χ0v) is 11.0. The monoisotopic (exact) mass is 266 g/mol. The van der Waals surface area contributed by atoms with E-state index in [2.05, 4.69) is 11.4 Å². The molecule has 5 heteroatoms. The lowest BCUT2D eigenvalue weighted by molar-refractivity contribution is 0.297. The molecule has 0 bridgehead atoms. The fraction of sp³-hybridized carbons (Fsp3) is 0.462. The highest BCUT2D eigenvalue weighted by molar-refractivity contribution is 6.32. The van der Waals surface area contributed by atoms with Crippen molar-refractivity contribution in [3.05, 3.63) is 22.7 Å². The molecule has 0 aliphatic carbocycles. The van der Waals surface area contributed by atoms with Gasteiger partial charge in [-0.15, -0.1) is 0 Å². The number of fused-ring (bicyclic) bond motifs is 1. The standard InChI is InChI=1S/C13H15ClN2O2/c1-2-16-11(8-15)9-6-10(14)13-12(7-9)17-4-3-5-18-13/h6-7,11,16H,2-5H2,1H3. The first-order valence-electron chi connectivity index (χ1n) is 5.98. The van der Waals surface area contributed by atoms with Crippen LogP contribution in [-0.4, -0.2) is 19.8 Å². The van der Waals surface area contributed by atoms with Gasteiger partial charge in [-0.2, -0.15) is 5.26 Å². The molecule has 1 aromatic rings. The quantitative estimate of drug-likeness (QED) is 0.914. The maximum absolute atomic E-state index is 9.13. The molecule has 0 aromatic heterocycles. The second-order valence-electron chi connectivity index (χ2n) is 4.00. The number of nitriles is 1. The Kier molecular flexibility index (Phi) is 4.29. The van der Waals surface area contributed by atoms with Crippen LogP contribution in [0, 0.1) is 11.3 Å². The Bertz CT molecular complexity index is 471. The summed E-state index contributed by atoms with van der Waals surface area (Å²) in [5.74, 6) is 1.19. The predicted molar refractivity (Wildman–Crippen MR) is 69.1 cm³/mol. The van der Waals surface area contributed by atoms with Crippen LogP contribution in [0.15, 0.2) is 12.1 Å². The first-order valence-corrected chi connectivity index (χ1v) is 6.36. The van der Waals surface area contributed by atoms with Crippen molar-refractivity contribution < 1.29 is 9.47 Å². The molecule has 1 aliphatic rings. The molecule has 4 nitrogen and oxygen atoms in total. The summed E-state index contributed by atoms with van der Waals surface area (Å²) < 4.78 is 11.1. The number of hydrogen-bond acceptors (Lipinski definition) is 4. The van der Waals surface area contributed by atoms with Gasteiger partial charge in [-0.25, -0.2) is 0 Å². The number of nitrogens with zero attached hydrogens (tertiary/aromatic N) is 1. The SMILES string of the molecule is CCNC(C#N)c1cc(Cl)c2c(c1)OCCCO2. The minimum absolute atomic E-state index is 0.385. The Labute approximate surface area is 111 Å². The Hall–Kier alpha value is -1.44. The molecule has 0 radical (unpaired) electrons. The van der Waals surface area contributed by atoms with Gasteiger partial charge in [0.25, 0.3) is 0 Å². The summed E-state index contributed by atoms with van der Waals surface area (Å²) in [4.78, 5) is 0. The van der Waals surface area contributed by atoms with Gasteiger partial charge in [0.1, 0.15) is 6.04 Å². The van der Waals surface area contributed by atoms with Gasteiger partial charge in [0, 0.05) is 6.42 Å². The lowest BCUT2D eigenvalue weighted by Crippen LogP contribution is -2.19. The van der Waals surface area contributed by atoms with Crippen LogP contribution in [0.5, 0.6) is 11.5 Å². The number of ether oxygens (including phenoxy) is 2. The van der Waals surface area contributed by atoms with E-state index in [-0.39, 0.29) is 6.04 Å². The molecule has 18 heavy (non-hydrogen) atoms. The topological polar surface area (TPSA) is 54.3 Å². The van der Waals surface area contributed by atoms with E-state index in [1.54, 1.807) is 6.07 Å². The van der Waals surface area contributed by atoms with E-state index < -0.39 is 0 Å². The first kappa shape index (κ1) is 13.0. The van der Waals surface area contributed by atoms with Crippen molar-refractivity contribution in [1.29, 1.82) is 5.26 Å². The summed E-state index contributed by atoms with van der Waals surface area (Å²) in [5, 5.41) is 12.7. The molecule has 1 aliphatic heterocycles. The number of halogens is 1. The van der Waals surface area contributed by atoms with E-state index in [1.807, 2.05) is 13.0 Å². The molecular weight excluding hydrogens is 252 g/mol. The molecule has 1 unspecified atom stereocenters. The second-order valence-corrected chi connectivity index (χ2v) is 4.41. The van der Waals surface area contributed by atoms with Gasteiger partial charge < -0.3 is 9.47 Å². The summed E-state index contributed by atoms with van der Waals surface area (Å²) in [6.07, 6.45) is 0.829. The molecule has 0 amide bonds. The first-order chi connectivity index (χ1) is 8.76. The van der Waals surface area contributed by atoms with Crippen LogP contribution in [0.4, 0.5) is 0 Å². The minimum atomic E-state index is -0.385. The van der Waals surface area contributed by atoms with Crippen LogP contribution < -0.4 is 14.8 Å². The molecule has 0 saturated carbocycles. The average Bonchev–Trinajstić information content (AvgIpc) is 2.61. The zero-order valence-electron chi connectivity index (χ0n) is 10.2. The fourth-order valence-electron chi connectivity index (χ4n) is 1.86. The van der Waals surface area contributed by atoms with Crippen molar-refractivity contribution >= 4 is 11.6 Å². The van der Waals surface area contributed by atoms with Crippen LogP contribution in [0.25, 0.3) is 0 Å². The Morgan fingerprint density at radius 2 is 2.22 bits per heavy atom. The highest BCUT2D eigenvalue weighted by atomic mass is 35.5. The number of benzene rings is 1. The molecule has 96 valence electrons. The molecule has 0 spiro atoms. The van der Waals surface area contributed by atoms with Crippen molar-refractivity contribution in [2.24, 2.45) is 0 Å². The largest absolute Gasteiger partial charge is 0.489 e. The smallest absolute Gasteiger partial charge is 0.179 e. The highest BCUT2D eigenvalue weighted by Crippen LogP contribution is 2.39. The van der Waals surface area contributed by atoms with Gasteiger partial charge in [-0.05, 0) is 24.2 Å². The third-order valence-electron chi connectivity index (χ3n) is 2.70.